The highest BCUT2D eigenvalue weighted by Crippen LogP contribution is 2.67. The average Bonchev–Trinajstić information content (AvgIpc) is 3.49. The van der Waals surface area contributed by atoms with Gasteiger partial charge in [0.25, 0.3) is 0 Å². The molecule has 2 aromatic rings. The van der Waals surface area contributed by atoms with Gasteiger partial charge in [-0.3, -0.25) is 5.32 Å². The van der Waals surface area contributed by atoms with Gasteiger partial charge < -0.3 is 19.8 Å². The van der Waals surface area contributed by atoms with Gasteiger partial charge in [0.15, 0.2) is 0 Å². The molecule has 8 heteroatoms. The van der Waals surface area contributed by atoms with E-state index in [0.717, 1.165) is 60.5 Å². The smallest absolute Gasteiger partial charge is 0.411 e. The van der Waals surface area contributed by atoms with E-state index in [2.05, 4.69) is 56.2 Å². The summed E-state index contributed by atoms with van der Waals surface area (Å²) in [5.74, 6) is 4.93. The van der Waals surface area contributed by atoms with Gasteiger partial charge in [0.05, 0.1) is 24.6 Å². The van der Waals surface area contributed by atoms with Crippen LogP contribution in [0.15, 0.2) is 70.4 Å². The van der Waals surface area contributed by atoms with Crippen molar-refractivity contribution >= 4 is 28.8 Å². The number of azo groups is 1. The topological polar surface area (TPSA) is 107 Å². The lowest BCUT2D eigenvalue weighted by Gasteiger charge is -2.58. The molecule has 2 aromatic carbocycles. The molecule has 8 nitrogen and oxygen atoms in total. The maximum atomic E-state index is 13.0. The maximum Gasteiger partial charge on any atom is 0.411 e. The number of carbonyl (C=O) groups excluding carboxylic acids is 1. The summed E-state index contributed by atoms with van der Waals surface area (Å²) in [4.78, 5) is 14.9. The summed E-state index contributed by atoms with van der Waals surface area (Å²) in [6, 6.07) is 14.8. The lowest BCUT2D eigenvalue weighted by atomic mass is 9.47. The molecule has 0 aromatic heterocycles. The van der Waals surface area contributed by atoms with Crippen LogP contribution in [0.5, 0.6) is 0 Å². The molecule has 1 amide bonds. The number of allylic oxidation sites excluding steroid dienone is 1. The van der Waals surface area contributed by atoms with Gasteiger partial charge >= 0.3 is 6.09 Å². The molecule has 0 saturated heterocycles. The quantitative estimate of drug-likeness (QED) is 0.133. The Hall–Kier alpha value is -3.23. The third kappa shape index (κ3) is 8.44. The highest BCUT2D eigenvalue weighted by Gasteiger charge is 2.59. The normalized spacial score (nSPS) is 30.3. The summed E-state index contributed by atoms with van der Waals surface area (Å²) in [6.45, 7) is 13.4. The van der Waals surface area contributed by atoms with Gasteiger partial charge in [0.1, 0.15) is 6.10 Å². The third-order valence-corrected chi connectivity index (χ3v) is 13.9. The fourth-order valence-corrected chi connectivity index (χ4v) is 11.1. The van der Waals surface area contributed by atoms with E-state index in [1.165, 1.54) is 56.9 Å². The number of aliphatic hydroxyl groups is 2. The molecule has 4 aliphatic rings. The Morgan fingerprint density at radius 2 is 1.56 bits per heavy atom. The van der Waals surface area contributed by atoms with Crippen molar-refractivity contribution in [3.63, 3.8) is 0 Å². The molecule has 284 valence electrons. The number of carbonyl (C=O) groups is 1. The fourth-order valence-electron chi connectivity index (χ4n) is 11.1. The van der Waals surface area contributed by atoms with Crippen LogP contribution in [-0.4, -0.2) is 48.7 Å². The molecular weight excluding hydrogens is 649 g/mol. The molecule has 0 heterocycles. The van der Waals surface area contributed by atoms with Gasteiger partial charge in [-0.2, -0.15) is 10.2 Å². The monoisotopic (exact) mass is 712 g/mol. The number of nitrogens with zero attached hydrogens (tertiary/aromatic N) is 3. The van der Waals surface area contributed by atoms with E-state index in [-0.39, 0.29) is 24.7 Å². The maximum absolute atomic E-state index is 13.0. The third-order valence-electron chi connectivity index (χ3n) is 13.9. The molecule has 3 N–H and O–H groups in total. The van der Waals surface area contributed by atoms with E-state index in [9.17, 15) is 15.0 Å². The predicted octanol–water partition coefficient (Wildman–Crippen LogP) is 10.9. The second kappa shape index (κ2) is 16.8. The zero-order valence-electron chi connectivity index (χ0n) is 32.4. The van der Waals surface area contributed by atoms with Crippen molar-refractivity contribution in [2.75, 3.05) is 36.5 Å². The Kier molecular flexibility index (Phi) is 12.5. The number of hydrogen-bond acceptors (Lipinski definition) is 7. The van der Waals surface area contributed by atoms with Gasteiger partial charge in [-0.25, -0.2) is 4.79 Å². The van der Waals surface area contributed by atoms with E-state index in [1.54, 1.807) is 0 Å². The van der Waals surface area contributed by atoms with Crippen molar-refractivity contribution in [1.29, 1.82) is 0 Å². The van der Waals surface area contributed by atoms with Crippen molar-refractivity contribution < 1.29 is 19.7 Å². The van der Waals surface area contributed by atoms with Crippen LogP contribution in [0.2, 0.25) is 0 Å². The zero-order chi connectivity index (χ0) is 36.9. The number of fused-ring (bicyclic) bond motifs is 5. The number of hydrogen-bond donors (Lipinski definition) is 3. The highest BCUT2D eigenvalue weighted by molar-refractivity contribution is 5.85. The van der Waals surface area contributed by atoms with Gasteiger partial charge in [0.2, 0.25) is 0 Å². The van der Waals surface area contributed by atoms with Crippen molar-refractivity contribution in [2.45, 2.75) is 111 Å². The number of nitrogens with one attached hydrogen (secondary N) is 1. The van der Waals surface area contributed by atoms with E-state index in [0.29, 0.717) is 35.6 Å². The minimum atomic E-state index is -0.401. The van der Waals surface area contributed by atoms with Crippen LogP contribution in [0.3, 0.4) is 0 Å². The molecule has 0 bridgehead atoms. The summed E-state index contributed by atoms with van der Waals surface area (Å²) in [6.07, 6.45) is 15.9. The highest BCUT2D eigenvalue weighted by atomic mass is 16.6. The van der Waals surface area contributed by atoms with Crippen molar-refractivity contribution in [3.05, 3.63) is 60.2 Å². The van der Waals surface area contributed by atoms with Gasteiger partial charge in [-0.1, -0.05) is 65.5 Å². The number of amides is 1. The second-order valence-corrected chi connectivity index (χ2v) is 17.4. The molecule has 0 radical (unpaired) electrons. The number of rotatable bonds is 14. The lowest BCUT2D eigenvalue weighted by Crippen LogP contribution is -2.51. The fraction of sp³-hybridized carbons (Fsp3) is 0.659. The Morgan fingerprint density at radius 3 is 2.21 bits per heavy atom. The first kappa shape index (κ1) is 38.5. The van der Waals surface area contributed by atoms with Crippen LogP contribution in [0, 0.1) is 46.3 Å². The molecule has 0 aliphatic heterocycles. The number of ether oxygens (including phenoxy) is 1. The van der Waals surface area contributed by atoms with Crippen LogP contribution < -0.4 is 10.2 Å². The zero-order valence-corrected chi connectivity index (χ0v) is 32.4. The molecular formula is C44H64N4O4. The Morgan fingerprint density at radius 1 is 0.885 bits per heavy atom. The standard InChI is InChI=1S/C44H64N4O4/c1-30(2)7-6-8-31(3)39-19-20-40-38-18-9-32-29-37(21-23-43(32,4)41(38)22-24-44(39,40)5)52-42(51)45-33-10-12-34(13-11-33)46-47-35-14-16-36(17-15-35)48(25-27-49)26-28-50/h9-17,30-31,37-41,49-50H,6-8,18-29H2,1-5H3,(H,45,51)/t31-,37+,38+,39-,40+,41+,43+,44-/m1/s1. The van der Waals surface area contributed by atoms with Gasteiger partial charge in [0, 0.05) is 30.9 Å². The van der Waals surface area contributed by atoms with E-state index in [1.807, 2.05) is 53.4 Å². The van der Waals surface area contributed by atoms with Crippen LogP contribution in [0.1, 0.15) is 105 Å². The Labute approximate surface area is 312 Å². The van der Waals surface area contributed by atoms with E-state index in [4.69, 9.17) is 4.74 Å². The van der Waals surface area contributed by atoms with Gasteiger partial charge in [-0.15, -0.1) is 0 Å². The first-order chi connectivity index (χ1) is 25.0. The minimum absolute atomic E-state index is 0.0159. The van der Waals surface area contributed by atoms with Crippen molar-refractivity contribution in [1.82, 2.24) is 0 Å². The molecule has 0 spiro atoms. The van der Waals surface area contributed by atoms with Crippen LogP contribution in [-0.2, 0) is 4.74 Å². The SMILES string of the molecule is CC(C)CCC[C@@H](C)[C@H]1CC[C@H]2[C@@H]3CC=C4C[C@@H](OC(=O)Nc5ccc(N=Nc6ccc(N(CCO)CCO)cc6)cc5)CC[C@]4(C)[C@H]3CC[C@]12C. The van der Waals surface area contributed by atoms with E-state index < -0.39 is 6.09 Å². The molecule has 8 atom stereocenters. The first-order valence-electron chi connectivity index (χ1n) is 20.3. The van der Waals surface area contributed by atoms with Crippen LogP contribution in [0.25, 0.3) is 0 Å². The summed E-state index contributed by atoms with van der Waals surface area (Å²) in [5, 5.41) is 30.2. The van der Waals surface area contributed by atoms with Crippen molar-refractivity contribution in [2.24, 2.45) is 56.6 Å². The van der Waals surface area contributed by atoms with Crippen LogP contribution in [0.4, 0.5) is 27.5 Å². The molecule has 3 saturated carbocycles. The summed E-state index contributed by atoms with van der Waals surface area (Å²) in [7, 11) is 0. The minimum Gasteiger partial charge on any atom is -0.446 e. The van der Waals surface area contributed by atoms with Gasteiger partial charge in [-0.05, 0) is 140 Å². The summed E-state index contributed by atoms with van der Waals surface area (Å²) < 4.78 is 6.03. The molecule has 4 aliphatic carbocycles. The number of benzene rings is 2. The molecule has 3 fully saturated rings. The predicted molar refractivity (Wildman–Crippen MR) is 210 cm³/mol. The molecule has 6 rings (SSSR count). The number of aliphatic hydroxyl groups excluding tert-OH is 2. The molecule has 52 heavy (non-hydrogen) atoms. The van der Waals surface area contributed by atoms with E-state index >= 15 is 0 Å². The second-order valence-electron chi connectivity index (χ2n) is 17.4. The molecule has 0 unspecified atom stereocenters. The average molecular weight is 713 g/mol. The van der Waals surface area contributed by atoms with Crippen molar-refractivity contribution in [3.8, 4) is 0 Å². The Balaban J connectivity index is 0.996. The first-order valence-corrected chi connectivity index (χ1v) is 20.3. The number of anilines is 2. The summed E-state index contributed by atoms with van der Waals surface area (Å²) >= 11 is 0. The van der Waals surface area contributed by atoms with Crippen LogP contribution >= 0.6 is 0 Å². The summed E-state index contributed by atoms with van der Waals surface area (Å²) in [5.41, 5.74) is 5.20. The lowest BCUT2D eigenvalue weighted by molar-refractivity contribution is -0.0577. The Bertz CT molecular complexity index is 1530. The largest absolute Gasteiger partial charge is 0.446 e.